The lowest BCUT2D eigenvalue weighted by atomic mass is 10.2. The lowest BCUT2D eigenvalue weighted by Gasteiger charge is -2.13. The zero-order valence-electron chi connectivity index (χ0n) is 8.80. The van der Waals surface area contributed by atoms with Crippen LogP contribution in [0.1, 0.15) is 29.6 Å². The van der Waals surface area contributed by atoms with Crippen molar-refractivity contribution in [2.75, 3.05) is 0 Å². The first kappa shape index (κ1) is 11.5. The number of thioether (sulfide) groups is 1. The number of benzene rings is 1. The molecule has 2 N–H and O–H groups in total. The molecule has 1 aromatic carbocycles. The molecule has 4 heteroatoms. The molecule has 0 aliphatic heterocycles. The van der Waals surface area contributed by atoms with E-state index < -0.39 is 5.97 Å². The van der Waals surface area contributed by atoms with Crippen LogP contribution in [0.4, 0.5) is 0 Å². The van der Waals surface area contributed by atoms with E-state index in [1.165, 1.54) is 0 Å². The first-order chi connectivity index (χ1) is 7.66. The number of aromatic carboxylic acids is 1. The van der Waals surface area contributed by atoms with Crippen molar-refractivity contribution in [2.45, 2.75) is 35.5 Å². The van der Waals surface area contributed by atoms with Crippen molar-refractivity contribution >= 4 is 17.7 Å². The van der Waals surface area contributed by atoms with Gasteiger partial charge in [0.25, 0.3) is 0 Å². The van der Waals surface area contributed by atoms with Gasteiger partial charge in [0, 0.05) is 10.1 Å². The second-order valence-electron chi connectivity index (χ2n) is 3.99. The fourth-order valence-corrected chi connectivity index (χ4v) is 3.20. The summed E-state index contributed by atoms with van der Waals surface area (Å²) in [4.78, 5) is 11.7. The maximum atomic E-state index is 10.8. The number of rotatable bonds is 3. The first-order valence-corrected chi connectivity index (χ1v) is 6.23. The number of hydrogen-bond donors (Lipinski definition) is 2. The molecule has 1 fully saturated rings. The third-order valence-corrected chi connectivity index (χ3v) is 4.16. The Morgan fingerprint density at radius 2 is 2.19 bits per heavy atom. The van der Waals surface area contributed by atoms with Crippen molar-refractivity contribution in [1.82, 2.24) is 0 Å². The number of aliphatic hydroxyl groups excluding tert-OH is 1. The average Bonchev–Trinajstić information content (AvgIpc) is 2.65. The Kier molecular flexibility index (Phi) is 3.51. The topological polar surface area (TPSA) is 57.5 Å². The van der Waals surface area contributed by atoms with Gasteiger partial charge in [-0.05, 0) is 37.5 Å². The van der Waals surface area contributed by atoms with Gasteiger partial charge in [-0.2, -0.15) is 0 Å². The predicted octanol–water partition coefficient (Wildman–Crippen LogP) is 2.39. The second kappa shape index (κ2) is 4.89. The van der Waals surface area contributed by atoms with Gasteiger partial charge in [0.2, 0.25) is 0 Å². The average molecular weight is 238 g/mol. The molecule has 1 aliphatic carbocycles. The zero-order chi connectivity index (χ0) is 11.5. The molecule has 1 saturated carbocycles. The van der Waals surface area contributed by atoms with E-state index in [1.807, 2.05) is 6.07 Å². The predicted molar refractivity (Wildman–Crippen MR) is 62.9 cm³/mol. The third kappa shape index (κ3) is 2.57. The molecule has 0 saturated heterocycles. The molecule has 2 atom stereocenters. The van der Waals surface area contributed by atoms with E-state index in [-0.39, 0.29) is 11.4 Å². The number of carboxylic acid groups (broad SMARTS) is 1. The largest absolute Gasteiger partial charge is 0.478 e. The highest BCUT2D eigenvalue weighted by atomic mass is 32.2. The fourth-order valence-electron chi connectivity index (χ4n) is 1.92. The summed E-state index contributed by atoms with van der Waals surface area (Å²) in [5, 5.41) is 18.8. The van der Waals surface area contributed by atoms with E-state index >= 15 is 0 Å². The molecule has 3 nitrogen and oxygen atoms in total. The molecule has 2 rings (SSSR count). The molecule has 0 aromatic heterocycles. The fraction of sp³-hybridized carbons (Fsp3) is 0.417. The Bertz CT molecular complexity index is 392. The molecule has 1 aromatic rings. The van der Waals surface area contributed by atoms with Gasteiger partial charge >= 0.3 is 5.97 Å². The molecule has 86 valence electrons. The Labute approximate surface area is 98.5 Å². The minimum atomic E-state index is -0.908. The van der Waals surface area contributed by atoms with Gasteiger partial charge in [0.05, 0.1) is 11.7 Å². The number of hydrogen-bond acceptors (Lipinski definition) is 3. The smallest absolute Gasteiger partial charge is 0.335 e. The van der Waals surface area contributed by atoms with Crippen LogP contribution in [0.5, 0.6) is 0 Å². The number of aliphatic hydroxyl groups is 1. The van der Waals surface area contributed by atoms with Crippen LogP contribution in [0.25, 0.3) is 0 Å². The van der Waals surface area contributed by atoms with Gasteiger partial charge in [-0.25, -0.2) is 4.79 Å². The molecule has 0 amide bonds. The number of carbonyl (C=O) groups is 1. The molecule has 16 heavy (non-hydrogen) atoms. The zero-order valence-corrected chi connectivity index (χ0v) is 9.61. The lowest BCUT2D eigenvalue weighted by Crippen LogP contribution is -2.14. The lowest BCUT2D eigenvalue weighted by molar-refractivity contribution is 0.0696. The molecule has 2 unspecified atom stereocenters. The van der Waals surface area contributed by atoms with Crippen LogP contribution in [-0.4, -0.2) is 27.5 Å². The van der Waals surface area contributed by atoms with Gasteiger partial charge < -0.3 is 10.2 Å². The van der Waals surface area contributed by atoms with E-state index in [1.54, 1.807) is 30.0 Å². The Morgan fingerprint density at radius 3 is 2.81 bits per heavy atom. The summed E-state index contributed by atoms with van der Waals surface area (Å²) in [7, 11) is 0. The van der Waals surface area contributed by atoms with Crippen molar-refractivity contribution in [3.05, 3.63) is 29.8 Å². The molecule has 0 bridgehead atoms. The highest BCUT2D eigenvalue weighted by molar-refractivity contribution is 8.00. The van der Waals surface area contributed by atoms with Crippen LogP contribution < -0.4 is 0 Å². The maximum Gasteiger partial charge on any atom is 0.335 e. The van der Waals surface area contributed by atoms with Gasteiger partial charge in [0.15, 0.2) is 0 Å². The van der Waals surface area contributed by atoms with Crippen molar-refractivity contribution < 1.29 is 15.0 Å². The van der Waals surface area contributed by atoms with E-state index in [4.69, 9.17) is 5.11 Å². The van der Waals surface area contributed by atoms with Crippen LogP contribution in [0.15, 0.2) is 29.2 Å². The van der Waals surface area contributed by atoms with Gasteiger partial charge in [0.1, 0.15) is 0 Å². The number of carboxylic acids is 1. The van der Waals surface area contributed by atoms with E-state index in [2.05, 4.69) is 0 Å². The van der Waals surface area contributed by atoms with E-state index in [9.17, 15) is 9.90 Å². The molecule has 0 radical (unpaired) electrons. The van der Waals surface area contributed by atoms with Crippen molar-refractivity contribution in [1.29, 1.82) is 0 Å². The standard InChI is InChI=1S/C12H14O3S/c13-10-5-2-6-11(10)16-9-4-1-3-8(7-9)12(14)15/h1,3-4,7,10-11,13H,2,5-6H2,(H,14,15). The summed E-state index contributed by atoms with van der Waals surface area (Å²) in [6.45, 7) is 0. The summed E-state index contributed by atoms with van der Waals surface area (Å²) in [6.07, 6.45) is 2.66. The van der Waals surface area contributed by atoms with E-state index in [0.717, 1.165) is 24.2 Å². The van der Waals surface area contributed by atoms with Crippen LogP contribution >= 0.6 is 11.8 Å². The maximum absolute atomic E-state index is 10.8. The van der Waals surface area contributed by atoms with Crippen molar-refractivity contribution in [3.63, 3.8) is 0 Å². The van der Waals surface area contributed by atoms with Crippen molar-refractivity contribution in [2.24, 2.45) is 0 Å². The Balaban J connectivity index is 2.09. The van der Waals surface area contributed by atoms with Gasteiger partial charge in [-0.15, -0.1) is 11.8 Å². The van der Waals surface area contributed by atoms with Crippen molar-refractivity contribution in [3.8, 4) is 0 Å². The normalized spacial score (nSPS) is 24.6. The van der Waals surface area contributed by atoms with Crippen LogP contribution in [0, 0.1) is 0 Å². The Morgan fingerprint density at radius 1 is 1.38 bits per heavy atom. The van der Waals surface area contributed by atoms with Crippen LogP contribution in [0.3, 0.4) is 0 Å². The van der Waals surface area contributed by atoms with Gasteiger partial charge in [-0.3, -0.25) is 0 Å². The highest BCUT2D eigenvalue weighted by Crippen LogP contribution is 2.35. The van der Waals surface area contributed by atoms with Crippen LogP contribution in [-0.2, 0) is 0 Å². The molecular formula is C12H14O3S. The van der Waals surface area contributed by atoms with Crippen LogP contribution in [0.2, 0.25) is 0 Å². The third-order valence-electron chi connectivity index (χ3n) is 2.79. The molecule has 0 heterocycles. The summed E-state index contributed by atoms with van der Waals surface area (Å²) in [6, 6.07) is 6.88. The Hall–Kier alpha value is -1.00. The highest BCUT2D eigenvalue weighted by Gasteiger charge is 2.26. The summed E-state index contributed by atoms with van der Waals surface area (Å²) in [5.74, 6) is -0.908. The van der Waals surface area contributed by atoms with E-state index in [0.29, 0.717) is 5.56 Å². The first-order valence-electron chi connectivity index (χ1n) is 5.35. The summed E-state index contributed by atoms with van der Waals surface area (Å²) < 4.78 is 0. The monoisotopic (exact) mass is 238 g/mol. The summed E-state index contributed by atoms with van der Waals surface area (Å²) >= 11 is 1.58. The molecular weight excluding hydrogens is 224 g/mol. The second-order valence-corrected chi connectivity index (χ2v) is 5.30. The SMILES string of the molecule is O=C(O)c1cccc(SC2CCCC2O)c1. The van der Waals surface area contributed by atoms with Gasteiger partial charge in [-0.1, -0.05) is 6.07 Å². The minimum absolute atomic E-state index is 0.212. The quantitative estimate of drug-likeness (QED) is 0.849. The molecule has 0 spiro atoms. The minimum Gasteiger partial charge on any atom is -0.478 e. The summed E-state index contributed by atoms with van der Waals surface area (Å²) in [5.41, 5.74) is 0.303. The molecule has 1 aliphatic rings.